The summed E-state index contributed by atoms with van der Waals surface area (Å²) < 4.78 is 5.37. The van der Waals surface area contributed by atoms with E-state index < -0.39 is 0 Å². The second-order valence-corrected chi connectivity index (χ2v) is 5.69. The van der Waals surface area contributed by atoms with Crippen LogP contribution in [-0.2, 0) is 6.42 Å². The molecule has 0 saturated heterocycles. The first kappa shape index (κ1) is 13.2. The first-order chi connectivity index (χ1) is 8.61. The van der Waals surface area contributed by atoms with Crippen LogP contribution < -0.4 is 5.32 Å². The molecule has 0 aliphatic carbocycles. The van der Waals surface area contributed by atoms with Crippen molar-refractivity contribution in [1.82, 2.24) is 15.5 Å². The van der Waals surface area contributed by atoms with Crippen molar-refractivity contribution in [2.24, 2.45) is 0 Å². The number of nitrogens with one attached hydrogen (secondary N) is 1. The van der Waals surface area contributed by atoms with Crippen molar-refractivity contribution in [2.75, 3.05) is 7.05 Å². The molecule has 0 aromatic carbocycles. The summed E-state index contributed by atoms with van der Waals surface area (Å²) in [4.78, 5) is 5.57. The van der Waals surface area contributed by atoms with Gasteiger partial charge in [-0.1, -0.05) is 19.0 Å². The van der Waals surface area contributed by atoms with Crippen LogP contribution in [0.5, 0.6) is 0 Å². The Labute approximate surface area is 111 Å². The van der Waals surface area contributed by atoms with Crippen LogP contribution in [0.2, 0.25) is 0 Å². The van der Waals surface area contributed by atoms with Gasteiger partial charge in [-0.05, 0) is 36.9 Å². The van der Waals surface area contributed by atoms with Crippen LogP contribution in [0.3, 0.4) is 0 Å². The summed E-state index contributed by atoms with van der Waals surface area (Å²) in [5.74, 6) is 1.87. The van der Waals surface area contributed by atoms with Crippen LogP contribution in [-0.4, -0.2) is 23.2 Å². The molecule has 0 saturated carbocycles. The fourth-order valence-electron chi connectivity index (χ4n) is 1.75. The van der Waals surface area contributed by atoms with E-state index >= 15 is 0 Å². The van der Waals surface area contributed by atoms with Gasteiger partial charge in [0, 0.05) is 12.5 Å². The number of hydrogen-bond donors (Lipinski definition) is 1. The molecule has 18 heavy (non-hydrogen) atoms. The minimum absolute atomic E-state index is 0.350. The molecule has 98 valence electrons. The predicted octanol–water partition coefficient (Wildman–Crippen LogP) is 3.07. The van der Waals surface area contributed by atoms with Crippen molar-refractivity contribution in [3.63, 3.8) is 0 Å². The van der Waals surface area contributed by atoms with Gasteiger partial charge in [-0.25, -0.2) is 0 Å². The molecule has 2 heterocycles. The Balaban J connectivity index is 2.21. The molecular weight excluding hydrogens is 246 g/mol. The van der Waals surface area contributed by atoms with Crippen LogP contribution in [0.4, 0.5) is 0 Å². The number of thiophene rings is 1. The molecule has 2 rings (SSSR count). The van der Waals surface area contributed by atoms with Crippen molar-refractivity contribution < 1.29 is 4.52 Å². The molecule has 0 bridgehead atoms. The highest BCUT2D eigenvalue weighted by Gasteiger charge is 2.17. The SMILES string of the molecule is CNC(C)Cc1noc(-c2sccc2C(C)C)n1. The predicted molar refractivity (Wildman–Crippen MR) is 73.9 cm³/mol. The molecule has 0 amide bonds. The molecule has 0 radical (unpaired) electrons. The van der Waals surface area contributed by atoms with Gasteiger partial charge in [0.05, 0.1) is 4.88 Å². The summed E-state index contributed by atoms with van der Waals surface area (Å²) in [5, 5.41) is 9.28. The van der Waals surface area contributed by atoms with E-state index in [1.807, 2.05) is 7.05 Å². The molecule has 4 nitrogen and oxygen atoms in total. The minimum atomic E-state index is 0.350. The van der Waals surface area contributed by atoms with Gasteiger partial charge in [-0.15, -0.1) is 11.3 Å². The van der Waals surface area contributed by atoms with Crippen molar-refractivity contribution in [1.29, 1.82) is 0 Å². The van der Waals surface area contributed by atoms with E-state index in [1.165, 1.54) is 5.56 Å². The molecule has 1 atom stereocenters. The average Bonchev–Trinajstić information content (AvgIpc) is 2.95. The maximum absolute atomic E-state index is 5.37. The number of aromatic nitrogens is 2. The molecule has 2 aromatic rings. The number of nitrogens with zero attached hydrogens (tertiary/aromatic N) is 2. The first-order valence-corrected chi connectivity index (χ1v) is 7.07. The Kier molecular flexibility index (Phi) is 4.14. The van der Waals surface area contributed by atoms with E-state index in [4.69, 9.17) is 4.52 Å². The Bertz CT molecular complexity index is 504. The number of likely N-dealkylation sites (N-methyl/N-ethyl adjacent to an activating group) is 1. The smallest absolute Gasteiger partial charge is 0.268 e. The third-order valence-electron chi connectivity index (χ3n) is 2.96. The van der Waals surface area contributed by atoms with Gasteiger partial charge in [0.25, 0.3) is 5.89 Å². The third kappa shape index (κ3) is 2.79. The Morgan fingerprint density at radius 1 is 1.39 bits per heavy atom. The highest BCUT2D eigenvalue weighted by Crippen LogP contribution is 2.33. The largest absolute Gasteiger partial charge is 0.333 e. The van der Waals surface area contributed by atoms with Gasteiger partial charge < -0.3 is 9.84 Å². The average molecular weight is 265 g/mol. The van der Waals surface area contributed by atoms with Crippen LogP contribution in [0, 0.1) is 0 Å². The van der Waals surface area contributed by atoms with Gasteiger partial charge in [0.15, 0.2) is 5.82 Å². The van der Waals surface area contributed by atoms with Crippen molar-refractivity contribution >= 4 is 11.3 Å². The lowest BCUT2D eigenvalue weighted by Crippen LogP contribution is -2.24. The first-order valence-electron chi connectivity index (χ1n) is 6.19. The monoisotopic (exact) mass is 265 g/mol. The Morgan fingerprint density at radius 3 is 2.83 bits per heavy atom. The van der Waals surface area contributed by atoms with Gasteiger partial charge in [-0.3, -0.25) is 0 Å². The normalized spacial score (nSPS) is 13.2. The van der Waals surface area contributed by atoms with Crippen LogP contribution in [0.1, 0.15) is 38.1 Å². The Morgan fingerprint density at radius 2 is 2.17 bits per heavy atom. The fraction of sp³-hybridized carbons (Fsp3) is 0.538. The van der Waals surface area contributed by atoms with Crippen molar-refractivity contribution in [3.05, 3.63) is 22.8 Å². The summed E-state index contributed by atoms with van der Waals surface area (Å²) in [6, 6.07) is 2.48. The van der Waals surface area contributed by atoms with Crippen LogP contribution in [0.15, 0.2) is 16.0 Å². The molecule has 2 aromatic heterocycles. The minimum Gasteiger partial charge on any atom is -0.333 e. The molecule has 0 spiro atoms. The second kappa shape index (κ2) is 5.63. The molecule has 0 aliphatic heterocycles. The maximum Gasteiger partial charge on any atom is 0.268 e. The summed E-state index contributed by atoms with van der Waals surface area (Å²) in [5.41, 5.74) is 1.27. The molecule has 5 heteroatoms. The topological polar surface area (TPSA) is 51.0 Å². The zero-order chi connectivity index (χ0) is 13.1. The molecule has 1 N–H and O–H groups in total. The lowest BCUT2D eigenvalue weighted by atomic mass is 10.0. The number of rotatable bonds is 5. The molecule has 0 aliphatic rings. The zero-order valence-corrected chi connectivity index (χ0v) is 12.0. The van der Waals surface area contributed by atoms with E-state index in [0.29, 0.717) is 17.9 Å². The van der Waals surface area contributed by atoms with Crippen LogP contribution >= 0.6 is 11.3 Å². The van der Waals surface area contributed by atoms with Gasteiger partial charge in [0.2, 0.25) is 0 Å². The molecule has 0 fully saturated rings. The summed E-state index contributed by atoms with van der Waals surface area (Å²) in [6.45, 7) is 6.44. The summed E-state index contributed by atoms with van der Waals surface area (Å²) >= 11 is 1.66. The second-order valence-electron chi connectivity index (χ2n) is 4.77. The van der Waals surface area contributed by atoms with Gasteiger partial charge in [0.1, 0.15) is 0 Å². The number of hydrogen-bond acceptors (Lipinski definition) is 5. The zero-order valence-electron chi connectivity index (χ0n) is 11.2. The quantitative estimate of drug-likeness (QED) is 0.902. The molecular formula is C13H19N3OS. The highest BCUT2D eigenvalue weighted by atomic mass is 32.1. The van der Waals surface area contributed by atoms with E-state index in [2.05, 4.69) is 47.7 Å². The van der Waals surface area contributed by atoms with E-state index in [9.17, 15) is 0 Å². The third-order valence-corrected chi connectivity index (χ3v) is 3.88. The summed E-state index contributed by atoms with van der Waals surface area (Å²) in [6.07, 6.45) is 0.780. The lowest BCUT2D eigenvalue weighted by Gasteiger charge is -2.05. The standard InChI is InChI=1S/C13H19N3OS/c1-8(2)10-5-6-18-12(10)13-15-11(16-17-13)7-9(3)14-4/h5-6,8-9,14H,7H2,1-4H3. The lowest BCUT2D eigenvalue weighted by molar-refractivity contribution is 0.418. The van der Waals surface area contributed by atoms with E-state index in [1.54, 1.807) is 11.3 Å². The maximum atomic E-state index is 5.37. The molecule has 1 unspecified atom stereocenters. The highest BCUT2D eigenvalue weighted by molar-refractivity contribution is 7.13. The van der Waals surface area contributed by atoms with Crippen LogP contribution in [0.25, 0.3) is 10.8 Å². The van der Waals surface area contributed by atoms with E-state index in [0.717, 1.165) is 17.1 Å². The fourth-order valence-corrected chi connectivity index (χ4v) is 2.73. The van der Waals surface area contributed by atoms with E-state index in [-0.39, 0.29) is 0 Å². The van der Waals surface area contributed by atoms with Gasteiger partial charge in [-0.2, -0.15) is 4.98 Å². The van der Waals surface area contributed by atoms with Gasteiger partial charge >= 0.3 is 0 Å². The van der Waals surface area contributed by atoms with Crippen molar-refractivity contribution in [3.8, 4) is 10.8 Å². The summed E-state index contributed by atoms with van der Waals surface area (Å²) in [7, 11) is 1.93. The Hall–Kier alpha value is -1.20. The van der Waals surface area contributed by atoms with Crippen molar-refractivity contribution in [2.45, 2.75) is 39.2 Å².